The number of carbonyl (C=O) groups is 1. The van der Waals surface area contributed by atoms with E-state index in [4.69, 9.17) is 4.42 Å². The van der Waals surface area contributed by atoms with Crippen molar-refractivity contribution >= 4 is 11.8 Å². The maximum Gasteiger partial charge on any atom is 0.358 e. The highest BCUT2D eigenvalue weighted by molar-refractivity contribution is 5.86. The lowest BCUT2D eigenvalue weighted by molar-refractivity contribution is 0.0593. The molecule has 0 aliphatic rings. The van der Waals surface area contributed by atoms with Crippen LogP contribution in [0, 0.1) is 0 Å². The molecule has 0 radical (unpaired) electrons. The molecule has 0 amide bonds. The number of oxazole rings is 1. The first-order chi connectivity index (χ1) is 11.3. The molecule has 0 aliphatic carbocycles. The molecule has 0 unspecified atom stereocenters. The zero-order valence-electron chi connectivity index (χ0n) is 12.4. The molecule has 0 aliphatic heterocycles. The molecule has 0 bridgehead atoms. The van der Waals surface area contributed by atoms with Crippen LogP contribution in [-0.2, 0) is 11.3 Å². The van der Waals surface area contributed by atoms with E-state index in [1.807, 2.05) is 30.3 Å². The summed E-state index contributed by atoms with van der Waals surface area (Å²) in [5.74, 6) is 0.574. The maximum absolute atomic E-state index is 11.3. The fraction of sp³-hybridized carbons (Fsp3) is 0.125. The molecule has 1 N–H and O–H groups in total. The van der Waals surface area contributed by atoms with Gasteiger partial charge in [-0.05, 0) is 24.3 Å². The monoisotopic (exact) mass is 310 g/mol. The predicted molar refractivity (Wildman–Crippen MR) is 82.6 cm³/mol. The first-order valence-electron chi connectivity index (χ1n) is 6.92. The van der Waals surface area contributed by atoms with E-state index in [0.717, 1.165) is 11.3 Å². The second-order valence-electron chi connectivity index (χ2n) is 4.66. The van der Waals surface area contributed by atoms with Gasteiger partial charge < -0.3 is 14.5 Å². The van der Waals surface area contributed by atoms with Gasteiger partial charge in [0.15, 0.2) is 5.69 Å². The van der Waals surface area contributed by atoms with E-state index in [9.17, 15) is 4.79 Å². The van der Waals surface area contributed by atoms with Crippen molar-refractivity contribution in [1.29, 1.82) is 0 Å². The van der Waals surface area contributed by atoms with E-state index in [1.165, 1.54) is 7.11 Å². The van der Waals surface area contributed by atoms with Crippen LogP contribution in [0.2, 0.25) is 0 Å². The molecule has 2 heterocycles. The summed E-state index contributed by atoms with van der Waals surface area (Å²) in [4.78, 5) is 15.7. The topological polar surface area (TPSA) is 90.1 Å². The smallest absolute Gasteiger partial charge is 0.358 e. The Kier molecular flexibility index (Phi) is 4.28. The van der Waals surface area contributed by atoms with Gasteiger partial charge in [0, 0.05) is 5.56 Å². The summed E-state index contributed by atoms with van der Waals surface area (Å²) in [6.45, 7) is 0.433. The summed E-state index contributed by atoms with van der Waals surface area (Å²) in [5, 5.41) is 10.8. The van der Waals surface area contributed by atoms with Crippen molar-refractivity contribution in [3.8, 4) is 11.5 Å². The Labute approximate surface area is 132 Å². The molecule has 0 fully saturated rings. The zero-order chi connectivity index (χ0) is 16.1. The molecule has 23 heavy (non-hydrogen) atoms. The molecule has 0 saturated heterocycles. The molecular formula is C16H14N4O3. The maximum atomic E-state index is 11.3. The van der Waals surface area contributed by atoms with Crippen LogP contribution in [0.1, 0.15) is 16.2 Å². The van der Waals surface area contributed by atoms with Crippen molar-refractivity contribution in [3.63, 3.8) is 0 Å². The number of nitrogens with zero attached hydrogens (tertiary/aromatic N) is 3. The van der Waals surface area contributed by atoms with Crippen molar-refractivity contribution < 1.29 is 13.9 Å². The van der Waals surface area contributed by atoms with E-state index < -0.39 is 5.97 Å². The SMILES string of the molecule is COC(=O)c1ccc(NCc2coc(-c3ccccc3)n2)nn1. The van der Waals surface area contributed by atoms with Crippen LogP contribution in [-0.4, -0.2) is 28.3 Å². The highest BCUT2D eigenvalue weighted by Gasteiger charge is 2.09. The number of rotatable bonds is 5. The van der Waals surface area contributed by atoms with Crippen molar-refractivity contribution in [2.75, 3.05) is 12.4 Å². The molecule has 0 atom stereocenters. The Bertz CT molecular complexity index is 785. The summed E-state index contributed by atoms with van der Waals surface area (Å²) < 4.78 is 10.0. The Hall–Kier alpha value is -3.22. The van der Waals surface area contributed by atoms with Crippen molar-refractivity contribution in [2.45, 2.75) is 6.54 Å². The van der Waals surface area contributed by atoms with Gasteiger partial charge >= 0.3 is 5.97 Å². The second-order valence-corrected chi connectivity index (χ2v) is 4.66. The Morgan fingerprint density at radius 3 is 2.70 bits per heavy atom. The third kappa shape index (κ3) is 3.52. The van der Waals surface area contributed by atoms with Gasteiger partial charge in [0.1, 0.15) is 12.1 Å². The molecule has 7 nitrogen and oxygen atoms in total. The van der Waals surface area contributed by atoms with E-state index in [0.29, 0.717) is 18.3 Å². The standard InChI is InChI=1S/C16H14N4O3/c1-22-16(21)13-7-8-14(20-19-13)17-9-12-10-23-15(18-12)11-5-3-2-4-6-11/h2-8,10H,9H2,1H3,(H,17,20). The van der Waals surface area contributed by atoms with Crippen LogP contribution in [0.5, 0.6) is 0 Å². The number of anilines is 1. The lowest BCUT2D eigenvalue weighted by Crippen LogP contribution is -2.08. The number of methoxy groups -OCH3 is 1. The highest BCUT2D eigenvalue weighted by Crippen LogP contribution is 2.18. The van der Waals surface area contributed by atoms with Crippen molar-refractivity contribution in [1.82, 2.24) is 15.2 Å². The number of hydrogen-bond acceptors (Lipinski definition) is 7. The molecule has 7 heteroatoms. The molecule has 3 aromatic rings. The number of carbonyl (C=O) groups excluding carboxylic acids is 1. The van der Waals surface area contributed by atoms with Gasteiger partial charge in [-0.15, -0.1) is 10.2 Å². The minimum Gasteiger partial charge on any atom is -0.464 e. The number of aromatic nitrogens is 3. The van der Waals surface area contributed by atoms with Crippen LogP contribution in [0.15, 0.2) is 53.1 Å². The van der Waals surface area contributed by atoms with Gasteiger partial charge in [-0.2, -0.15) is 0 Å². The number of hydrogen-bond donors (Lipinski definition) is 1. The van der Waals surface area contributed by atoms with Gasteiger partial charge in [0.25, 0.3) is 0 Å². The van der Waals surface area contributed by atoms with Crippen LogP contribution < -0.4 is 5.32 Å². The normalized spacial score (nSPS) is 10.3. The van der Waals surface area contributed by atoms with Gasteiger partial charge in [-0.3, -0.25) is 0 Å². The first kappa shape index (κ1) is 14.7. The Morgan fingerprint density at radius 1 is 1.17 bits per heavy atom. The van der Waals surface area contributed by atoms with Gasteiger partial charge in [0.05, 0.1) is 19.3 Å². The summed E-state index contributed by atoms with van der Waals surface area (Å²) >= 11 is 0. The largest absolute Gasteiger partial charge is 0.464 e. The highest BCUT2D eigenvalue weighted by atomic mass is 16.5. The summed E-state index contributed by atoms with van der Waals surface area (Å²) in [5.41, 5.74) is 1.81. The van der Waals surface area contributed by atoms with Gasteiger partial charge in [-0.1, -0.05) is 18.2 Å². The van der Waals surface area contributed by atoms with Gasteiger partial charge in [-0.25, -0.2) is 9.78 Å². The summed E-state index contributed by atoms with van der Waals surface area (Å²) in [6, 6.07) is 12.8. The lowest BCUT2D eigenvalue weighted by Gasteiger charge is -2.02. The third-order valence-corrected chi connectivity index (χ3v) is 3.08. The van der Waals surface area contributed by atoms with Crippen LogP contribution >= 0.6 is 0 Å². The Morgan fingerprint density at radius 2 is 2.00 bits per heavy atom. The van der Waals surface area contributed by atoms with Crippen molar-refractivity contribution in [3.05, 3.63) is 60.1 Å². The number of nitrogens with one attached hydrogen (secondary N) is 1. The van der Waals surface area contributed by atoms with E-state index in [-0.39, 0.29) is 5.69 Å². The fourth-order valence-electron chi connectivity index (χ4n) is 1.92. The Balaban J connectivity index is 1.63. The number of ether oxygens (including phenoxy) is 1. The number of esters is 1. The predicted octanol–water partition coefficient (Wildman–Crippen LogP) is 2.53. The summed E-state index contributed by atoms with van der Waals surface area (Å²) in [6.07, 6.45) is 1.59. The minimum atomic E-state index is -0.520. The van der Waals surface area contributed by atoms with Crippen LogP contribution in [0.25, 0.3) is 11.5 Å². The molecule has 1 aromatic carbocycles. The first-order valence-corrected chi connectivity index (χ1v) is 6.92. The lowest BCUT2D eigenvalue weighted by atomic mass is 10.2. The number of benzene rings is 1. The van der Waals surface area contributed by atoms with Crippen LogP contribution in [0.3, 0.4) is 0 Å². The average Bonchev–Trinajstić information content (AvgIpc) is 3.09. The molecular weight excluding hydrogens is 296 g/mol. The molecule has 2 aromatic heterocycles. The zero-order valence-corrected chi connectivity index (χ0v) is 12.4. The van der Waals surface area contributed by atoms with Crippen LogP contribution in [0.4, 0.5) is 5.82 Å². The van der Waals surface area contributed by atoms with E-state index in [2.05, 4.69) is 25.2 Å². The molecule has 3 rings (SSSR count). The summed E-state index contributed by atoms with van der Waals surface area (Å²) in [7, 11) is 1.30. The fourth-order valence-corrected chi connectivity index (χ4v) is 1.92. The van der Waals surface area contributed by atoms with Crippen molar-refractivity contribution in [2.24, 2.45) is 0 Å². The minimum absolute atomic E-state index is 0.158. The molecule has 116 valence electrons. The van der Waals surface area contributed by atoms with E-state index >= 15 is 0 Å². The molecule has 0 spiro atoms. The van der Waals surface area contributed by atoms with E-state index in [1.54, 1.807) is 18.4 Å². The third-order valence-electron chi connectivity index (χ3n) is 3.08. The quantitative estimate of drug-likeness (QED) is 0.724. The average molecular weight is 310 g/mol. The molecule has 0 saturated carbocycles. The second kappa shape index (κ2) is 6.69. The van der Waals surface area contributed by atoms with Gasteiger partial charge in [0.2, 0.25) is 5.89 Å².